The van der Waals surface area contributed by atoms with Crippen molar-refractivity contribution >= 4 is 33.4 Å². The molecule has 5 heteroatoms. The molecule has 1 aromatic heterocycles. The van der Waals surface area contributed by atoms with Crippen LogP contribution < -0.4 is 5.73 Å². The van der Waals surface area contributed by atoms with Gasteiger partial charge < -0.3 is 5.73 Å². The van der Waals surface area contributed by atoms with Crippen LogP contribution in [0, 0.1) is 0 Å². The first-order chi connectivity index (χ1) is 8.56. The second-order valence-electron chi connectivity index (χ2n) is 4.35. The Balaban J connectivity index is 2.02. The second kappa shape index (κ2) is 5.80. The summed E-state index contributed by atoms with van der Waals surface area (Å²) in [6, 6.07) is 8.42. The number of hydrogen-bond donors (Lipinski definition) is 1. The molecule has 3 nitrogen and oxygen atoms in total. The van der Waals surface area contributed by atoms with Crippen LogP contribution in [0.2, 0.25) is 0 Å². The van der Waals surface area contributed by atoms with Crippen molar-refractivity contribution in [3.63, 3.8) is 0 Å². The molecule has 18 heavy (non-hydrogen) atoms. The number of thioether (sulfide) groups is 1. The SMILES string of the molecule is CC(C)n1ccc(CSc2ccc(Br)cc2N)n1. The molecule has 0 aliphatic heterocycles. The molecular weight excluding hydrogens is 310 g/mol. The van der Waals surface area contributed by atoms with Crippen LogP contribution in [0.25, 0.3) is 0 Å². The number of halogens is 1. The van der Waals surface area contributed by atoms with Gasteiger partial charge in [-0.2, -0.15) is 5.10 Å². The van der Waals surface area contributed by atoms with Gasteiger partial charge in [-0.05, 0) is 38.1 Å². The van der Waals surface area contributed by atoms with E-state index in [4.69, 9.17) is 5.73 Å². The first-order valence-electron chi connectivity index (χ1n) is 5.78. The minimum absolute atomic E-state index is 0.404. The second-order valence-corrected chi connectivity index (χ2v) is 6.28. The summed E-state index contributed by atoms with van der Waals surface area (Å²) in [5, 5.41) is 4.52. The predicted octanol–water partition coefficient (Wildman–Crippen LogP) is 4.10. The molecule has 0 saturated carbocycles. The molecule has 0 aliphatic rings. The lowest BCUT2D eigenvalue weighted by Crippen LogP contribution is -2.01. The number of nitrogens with zero attached hydrogens (tertiary/aromatic N) is 2. The number of nitrogen functional groups attached to an aromatic ring is 1. The number of rotatable bonds is 4. The molecule has 0 spiro atoms. The van der Waals surface area contributed by atoms with Crippen molar-refractivity contribution in [2.24, 2.45) is 0 Å². The summed E-state index contributed by atoms with van der Waals surface area (Å²) in [5.74, 6) is 0.839. The standard InChI is InChI=1S/C13H16BrN3S/c1-9(2)17-6-5-11(16-17)8-18-13-4-3-10(14)7-12(13)15/h3-7,9H,8,15H2,1-2H3. The fraction of sp³-hybridized carbons (Fsp3) is 0.308. The highest BCUT2D eigenvalue weighted by atomic mass is 79.9. The van der Waals surface area contributed by atoms with Gasteiger partial charge in [0.05, 0.1) is 5.69 Å². The van der Waals surface area contributed by atoms with Gasteiger partial charge in [-0.3, -0.25) is 4.68 Å². The predicted molar refractivity (Wildman–Crippen MR) is 80.7 cm³/mol. The van der Waals surface area contributed by atoms with E-state index in [0.717, 1.165) is 26.5 Å². The minimum Gasteiger partial charge on any atom is -0.398 e. The van der Waals surface area contributed by atoms with Crippen LogP contribution in [-0.4, -0.2) is 9.78 Å². The first kappa shape index (κ1) is 13.5. The average Bonchev–Trinajstić information content (AvgIpc) is 2.76. The Morgan fingerprint density at radius 1 is 1.39 bits per heavy atom. The fourth-order valence-electron chi connectivity index (χ4n) is 1.54. The maximum Gasteiger partial charge on any atom is 0.0727 e. The monoisotopic (exact) mass is 325 g/mol. The van der Waals surface area contributed by atoms with E-state index in [1.54, 1.807) is 11.8 Å². The Morgan fingerprint density at radius 3 is 2.78 bits per heavy atom. The summed E-state index contributed by atoms with van der Waals surface area (Å²) in [6.45, 7) is 4.24. The Morgan fingerprint density at radius 2 is 2.17 bits per heavy atom. The number of aromatic nitrogens is 2. The van der Waals surface area contributed by atoms with Crippen LogP contribution in [-0.2, 0) is 5.75 Å². The van der Waals surface area contributed by atoms with Crippen LogP contribution in [0.3, 0.4) is 0 Å². The van der Waals surface area contributed by atoms with Gasteiger partial charge in [-0.25, -0.2) is 0 Å². The Hall–Kier alpha value is -0.940. The zero-order valence-corrected chi connectivity index (χ0v) is 12.8. The van der Waals surface area contributed by atoms with Crippen LogP contribution in [0.4, 0.5) is 5.69 Å². The lowest BCUT2D eigenvalue weighted by Gasteiger charge is -2.05. The Kier molecular flexibility index (Phi) is 4.35. The van der Waals surface area contributed by atoms with E-state index in [2.05, 4.69) is 40.9 Å². The van der Waals surface area contributed by atoms with Gasteiger partial charge in [0.25, 0.3) is 0 Å². The van der Waals surface area contributed by atoms with Crippen molar-refractivity contribution in [1.82, 2.24) is 9.78 Å². The van der Waals surface area contributed by atoms with Gasteiger partial charge in [0.2, 0.25) is 0 Å². The van der Waals surface area contributed by atoms with E-state index in [0.29, 0.717) is 6.04 Å². The molecule has 1 heterocycles. The molecule has 0 bridgehead atoms. The van der Waals surface area contributed by atoms with Crippen molar-refractivity contribution in [2.75, 3.05) is 5.73 Å². The van der Waals surface area contributed by atoms with Gasteiger partial charge in [-0.15, -0.1) is 11.8 Å². The largest absolute Gasteiger partial charge is 0.398 e. The molecule has 2 rings (SSSR count). The summed E-state index contributed by atoms with van der Waals surface area (Å²) in [4.78, 5) is 1.09. The molecule has 0 saturated heterocycles. The summed E-state index contributed by atoms with van der Waals surface area (Å²) >= 11 is 5.12. The smallest absolute Gasteiger partial charge is 0.0727 e. The summed E-state index contributed by atoms with van der Waals surface area (Å²) < 4.78 is 2.98. The van der Waals surface area contributed by atoms with Crippen LogP contribution in [0.15, 0.2) is 39.8 Å². The van der Waals surface area contributed by atoms with E-state index in [9.17, 15) is 0 Å². The zero-order valence-electron chi connectivity index (χ0n) is 10.4. The highest BCUT2D eigenvalue weighted by Gasteiger charge is 2.05. The maximum atomic E-state index is 5.96. The van der Waals surface area contributed by atoms with Crippen molar-refractivity contribution in [3.05, 3.63) is 40.6 Å². The third kappa shape index (κ3) is 3.29. The quantitative estimate of drug-likeness (QED) is 0.679. The number of anilines is 1. The molecule has 0 fully saturated rings. The highest BCUT2D eigenvalue weighted by molar-refractivity contribution is 9.10. The molecule has 0 amide bonds. The molecule has 2 aromatic rings. The van der Waals surface area contributed by atoms with Gasteiger partial charge >= 0.3 is 0 Å². The third-order valence-corrected chi connectivity index (χ3v) is 4.16. The molecule has 0 unspecified atom stereocenters. The molecular formula is C13H16BrN3S. The van der Waals surface area contributed by atoms with E-state index in [-0.39, 0.29) is 0 Å². The van der Waals surface area contributed by atoms with Crippen LogP contribution in [0.1, 0.15) is 25.6 Å². The normalized spacial score (nSPS) is 11.1. The fourth-order valence-corrected chi connectivity index (χ4v) is 2.77. The molecule has 0 radical (unpaired) electrons. The molecule has 96 valence electrons. The molecule has 1 aromatic carbocycles. The number of benzene rings is 1. The van der Waals surface area contributed by atoms with Gasteiger partial charge in [0, 0.05) is 33.0 Å². The highest BCUT2D eigenvalue weighted by Crippen LogP contribution is 2.29. The minimum atomic E-state index is 0.404. The summed E-state index contributed by atoms with van der Waals surface area (Å²) in [5.41, 5.74) is 7.85. The third-order valence-electron chi connectivity index (χ3n) is 2.54. The van der Waals surface area contributed by atoms with Crippen molar-refractivity contribution in [2.45, 2.75) is 30.5 Å². The van der Waals surface area contributed by atoms with E-state index < -0.39 is 0 Å². The molecule has 2 N–H and O–H groups in total. The van der Waals surface area contributed by atoms with Gasteiger partial charge in [-0.1, -0.05) is 15.9 Å². The molecule has 0 aliphatic carbocycles. The lowest BCUT2D eigenvalue weighted by atomic mass is 10.3. The lowest BCUT2D eigenvalue weighted by molar-refractivity contribution is 0.529. The number of nitrogens with two attached hydrogens (primary N) is 1. The van der Waals surface area contributed by atoms with Gasteiger partial charge in [0.1, 0.15) is 0 Å². The summed E-state index contributed by atoms with van der Waals surface area (Å²) in [7, 11) is 0. The maximum absolute atomic E-state index is 5.96. The van der Waals surface area contributed by atoms with Gasteiger partial charge in [0.15, 0.2) is 0 Å². The van der Waals surface area contributed by atoms with E-state index in [1.807, 2.05) is 29.1 Å². The van der Waals surface area contributed by atoms with Crippen molar-refractivity contribution in [1.29, 1.82) is 0 Å². The summed E-state index contributed by atoms with van der Waals surface area (Å²) in [6.07, 6.45) is 2.02. The average molecular weight is 326 g/mol. The topological polar surface area (TPSA) is 43.8 Å². The first-order valence-corrected chi connectivity index (χ1v) is 7.56. The van der Waals surface area contributed by atoms with E-state index >= 15 is 0 Å². The van der Waals surface area contributed by atoms with E-state index in [1.165, 1.54) is 0 Å². The Bertz CT molecular complexity index is 537. The number of hydrogen-bond acceptors (Lipinski definition) is 3. The Labute approximate surface area is 120 Å². The van der Waals surface area contributed by atoms with Crippen molar-refractivity contribution in [3.8, 4) is 0 Å². The zero-order chi connectivity index (χ0) is 13.1. The van der Waals surface area contributed by atoms with Crippen LogP contribution >= 0.6 is 27.7 Å². The molecule has 0 atom stereocenters. The van der Waals surface area contributed by atoms with Crippen molar-refractivity contribution < 1.29 is 0 Å². The van der Waals surface area contributed by atoms with Crippen LogP contribution in [0.5, 0.6) is 0 Å².